The second-order valence-electron chi connectivity index (χ2n) is 7.40. The van der Waals surface area contributed by atoms with Gasteiger partial charge in [-0.3, -0.25) is 9.59 Å². The SMILES string of the molecule is C=O.CC.CC1C(=O)N(C)c2ccc(COc3cccc(CCCCCC(=O)O)c3)cc21. The first-order chi connectivity index (χ1) is 15.5. The topological polar surface area (TPSA) is 83.9 Å². The molecule has 0 bridgehead atoms. The van der Waals surface area contributed by atoms with Gasteiger partial charge in [-0.2, -0.15) is 0 Å². The van der Waals surface area contributed by atoms with E-state index >= 15 is 0 Å². The Bertz CT molecular complexity index is 880. The van der Waals surface area contributed by atoms with E-state index < -0.39 is 5.97 Å². The first-order valence-corrected chi connectivity index (χ1v) is 11.1. The Morgan fingerprint density at radius 2 is 1.78 bits per heavy atom. The van der Waals surface area contributed by atoms with E-state index in [0.717, 1.165) is 48.2 Å². The third kappa shape index (κ3) is 7.52. The van der Waals surface area contributed by atoms with Gasteiger partial charge in [0, 0.05) is 19.2 Å². The van der Waals surface area contributed by atoms with Crippen LogP contribution in [0.2, 0.25) is 0 Å². The van der Waals surface area contributed by atoms with E-state index in [2.05, 4.69) is 12.1 Å². The zero-order valence-corrected chi connectivity index (χ0v) is 19.6. The van der Waals surface area contributed by atoms with Gasteiger partial charge in [0.2, 0.25) is 5.91 Å². The van der Waals surface area contributed by atoms with E-state index in [1.165, 1.54) is 5.56 Å². The summed E-state index contributed by atoms with van der Waals surface area (Å²) in [6.45, 7) is 8.40. The van der Waals surface area contributed by atoms with Gasteiger partial charge in [0.05, 0.1) is 5.92 Å². The molecule has 1 unspecified atom stereocenters. The van der Waals surface area contributed by atoms with Crippen LogP contribution in [-0.2, 0) is 27.4 Å². The van der Waals surface area contributed by atoms with Crippen LogP contribution in [-0.4, -0.2) is 30.8 Å². The fourth-order valence-electron chi connectivity index (χ4n) is 3.63. The number of carbonyl (C=O) groups is 3. The highest BCUT2D eigenvalue weighted by atomic mass is 16.5. The lowest BCUT2D eigenvalue weighted by Crippen LogP contribution is -2.22. The molecular formula is C26H35NO5. The summed E-state index contributed by atoms with van der Waals surface area (Å²) < 4.78 is 5.96. The molecule has 6 heteroatoms. The van der Waals surface area contributed by atoms with E-state index in [9.17, 15) is 9.59 Å². The van der Waals surface area contributed by atoms with Crippen molar-refractivity contribution in [3.05, 3.63) is 59.2 Å². The summed E-state index contributed by atoms with van der Waals surface area (Å²) >= 11 is 0. The van der Waals surface area contributed by atoms with Gasteiger partial charge in [0.15, 0.2) is 0 Å². The Morgan fingerprint density at radius 3 is 2.47 bits per heavy atom. The van der Waals surface area contributed by atoms with Gasteiger partial charge in [-0.1, -0.05) is 38.5 Å². The van der Waals surface area contributed by atoms with Gasteiger partial charge in [-0.25, -0.2) is 0 Å². The number of benzene rings is 2. The van der Waals surface area contributed by atoms with Crippen LogP contribution in [0.15, 0.2) is 42.5 Å². The van der Waals surface area contributed by atoms with Crippen molar-refractivity contribution in [2.24, 2.45) is 0 Å². The molecular weight excluding hydrogens is 406 g/mol. The Labute approximate surface area is 191 Å². The van der Waals surface area contributed by atoms with Gasteiger partial charge < -0.3 is 19.5 Å². The highest BCUT2D eigenvalue weighted by Gasteiger charge is 2.31. The number of rotatable bonds is 9. The normalized spacial score (nSPS) is 13.9. The van der Waals surface area contributed by atoms with Crippen molar-refractivity contribution in [3.63, 3.8) is 0 Å². The number of hydrogen-bond acceptors (Lipinski definition) is 4. The van der Waals surface area contributed by atoms with Gasteiger partial charge in [-0.15, -0.1) is 0 Å². The van der Waals surface area contributed by atoms with Crippen LogP contribution in [0.5, 0.6) is 5.75 Å². The van der Waals surface area contributed by atoms with E-state index in [1.807, 2.05) is 64.9 Å². The number of fused-ring (bicyclic) bond motifs is 1. The van der Waals surface area contributed by atoms with Gasteiger partial charge in [0.1, 0.15) is 19.1 Å². The molecule has 6 nitrogen and oxygen atoms in total. The molecule has 174 valence electrons. The van der Waals surface area contributed by atoms with Crippen LogP contribution in [0.1, 0.15) is 69.1 Å². The number of aryl methyl sites for hydroxylation is 1. The number of nitrogens with zero attached hydrogens (tertiary/aromatic N) is 1. The summed E-state index contributed by atoms with van der Waals surface area (Å²) in [5.74, 6) is 0.116. The molecule has 1 aliphatic heterocycles. The molecule has 32 heavy (non-hydrogen) atoms. The third-order valence-corrected chi connectivity index (χ3v) is 5.28. The quantitative estimate of drug-likeness (QED) is 0.529. The molecule has 0 radical (unpaired) electrons. The second-order valence-corrected chi connectivity index (χ2v) is 7.40. The zero-order chi connectivity index (χ0) is 24.1. The maximum Gasteiger partial charge on any atom is 0.303 e. The molecule has 1 N–H and O–H groups in total. The first kappa shape index (κ1) is 26.9. The van der Waals surface area contributed by atoms with Crippen molar-refractivity contribution in [2.45, 2.75) is 65.4 Å². The lowest BCUT2D eigenvalue weighted by Gasteiger charge is -2.11. The van der Waals surface area contributed by atoms with Crippen molar-refractivity contribution in [3.8, 4) is 5.75 Å². The summed E-state index contributed by atoms with van der Waals surface area (Å²) in [5, 5.41) is 8.68. The summed E-state index contributed by atoms with van der Waals surface area (Å²) in [5.41, 5.74) is 4.28. The van der Waals surface area contributed by atoms with Crippen molar-refractivity contribution >= 4 is 24.4 Å². The van der Waals surface area contributed by atoms with Crippen LogP contribution in [0.4, 0.5) is 5.69 Å². The van der Waals surface area contributed by atoms with Crippen LogP contribution in [0.25, 0.3) is 0 Å². The van der Waals surface area contributed by atoms with Crippen LogP contribution in [0.3, 0.4) is 0 Å². The Kier molecular flexibility index (Phi) is 11.8. The largest absolute Gasteiger partial charge is 0.489 e. The third-order valence-electron chi connectivity index (χ3n) is 5.28. The van der Waals surface area contributed by atoms with Crippen LogP contribution >= 0.6 is 0 Å². The minimum absolute atomic E-state index is 0.107. The Hall–Kier alpha value is -3.15. The highest BCUT2D eigenvalue weighted by Crippen LogP contribution is 2.36. The molecule has 0 saturated carbocycles. The van der Waals surface area contributed by atoms with Crippen molar-refractivity contribution in [1.29, 1.82) is 0 Å². The minimum atomic E-state index is -0.729. The number of carbonyl (C=O) groups excluding carboxylic acids is 2. The molecule has 2 aromatic rings. The van der Waals surface area contributed by atoms with E-state index in [0.29, 0.717) is 6.61 Å². The number of aliphatic carboxylic acids is 1. The number of carboxylic acid groups (broad SMARTS) is 1. The van der Waals surface area contributed by atoms with E-state index in [1.54, 1.807) is 4.90 Å². The number of amides is 1. The van der Waals surface area contributed by atoms with Gasteiger partial charge in [-0.05, 0) is 67.1 Å². The summed E-state index contributed by atoms with van der Waals surface area (Å²) in [4.78, 5) is 32.4. The van der Waals surface area contributed by atoms with Crippen molar-refractivity contribution in [2.75, 3.05) is 11.9 Å². The van der Waals surface area contributed by atoms with Crippen LogP contribution < -0.4 is 9.64 Å². The van der Waals surface area contributed by atoms with Gasteiger partial charge in [0.25, 0.3) is 0 Å². The molecule has 0 spiro atoms. The average molecular weight is 442 g/mol. The number of unbranched alkanes of at least 4 members (excludes halogenated alkanes) is 2. The number of ether oxygens (including phenoxy) is 1. The number of likely N-dealkylation sites (N-methyl/N-ethyl adjacent to an activating group) is 1. The summed E-state index contributed by atoms with van der Waals surface area (Å²) in [7, 11) is 1.81. The maximum atomic E-state index is 12.1. The smallest absolute Gasteiger partial charge is 0.303 e. The predicted molar refractivity (Wildman–Crippen MR) is 127 cm³/mol. The molecule has 3 rings (SSSR count). The summed E-state index contributed by atoms with van der Waals surface area (Å²) in [6.07, 6.45) is 3.77. The monoisotopic (exact) mass is 441 g/mol. The molecule has 0 aromatic heterocycles. The maximum absolute atomic E-state index is 12.1. The molecule has 0 fully saturated rings. The molecule has 1 aliphatic rings. The Morgan fingerprint density at radius 1 is 1.06 bits per heavy atom. The molecule has 2 aromatic carbocycles. The van der Waals surface area contributed by atoms with Crippen LogP contribution in [0, 0.1) is 0 Å². The van der Waals surface area contributed by atoms with Gasteiger partial charge >= 0.3 is 5.97 Å². The molecule has 1 amide bonds. The molecule has 1 atom stereocenters. The zero-order valence-electron chi connectivity index (χ0n) is 19.6. The summed E-state index contributed by atoms with van der Waals surface area (Å²) in [6, 6.07) is 14.1. The van der Waals surface area contributed by atoms with E-state index in [-0.39, 0.29) is 18.2 Å². The molecule has 1 heterocycles. The fraction of sp³-hybridized carbons (Fsp3) is 0.423. The minimum Gasteiger partial charge on any atom is -0.489 e. The van der Waals surface area contributed by atoms with E-state index in [4.69, 9.17) is 14.6 Å². The lowest BCUT2D eigenvalue weighted by atomic mass is 10.0. The van der Waals surface area contributed by atoms with Crippen molar-refractivity contribution in [1.82, 2.24) is 0 Å². The Balaban J connectivity index is 0.00000121. The number of hydrogen-bond donors (Lipinski definition) is 1. The molecule has 0 aliphatic carbocycles. The fourth-order valence-corrected chi connectivity index (χ4v) is 3.63. The second kappa shape index (κ2) is 14.0. The average Bonchev–Trinajstić information content (AvgIpc) is 3.04. The molecule has 0 saturated heterocycles. The van der Waals surface area contributed by atoms with Crippen molar-refractivity contribution < 1.29 is 24.2 Å². The first-order valence-electron chi connectivity index (χ1n) is 11.1. The number of carboxylic acids is 1. The number of anilines is 1. The standard InChI is InChI=1S/C23H27NO4.C2H6.CH2O/c1-16-20-14-18(11-12-21(20)24(2)23(16)27)15-28-19-9-6-8-17(13-19)7-4-3-5-10-22(25)26;2*1-2/h6,8-9,11-14,16H,3-5,7,10,15H2,1-2H3,(H,25,26);1-2H3;1H2. The highest BCUT2D eigenvalue weighted by molar-refractivity contribution is 6.04. The predicted octanol–water partition coefficient (Wildman–Crippen LogP) is 5.37. The lowest BCUT2D eigenvalue weighted by molar-refractivity contribution is -0.137.